The van der Waals surface area contributed by atoms with Crippen molar-refractivity contribution in [1.82, 2.24) is 10.2 Å². The number of carboxylic acids is 1. The minimum atomic E-state index is -0.904. The average molecular weight is 282 g/mol. The molecule has 1 aromatic carbocycles. The number of halogens is 2. The van der Waals surface area contributed by atoms with E-state index < -0.39 is 17.6 Å². The monoisotopic (exact) mass is 282 g/mol. The van der Waals surface area contributed by atoms with Crippen LogP contribution in [-0.2, 0) is 17.6 Å². The van der Waals surface area contributed by atoms with Crippen molar-refractivity contribution in [3.8, 4) is 0 Å². The summed E-state index contributed by atoms with van der Waals surface area (Å²) in [5, 5.41) is 15.9. The predicted molar refractivity (Wildman–Crippen MR) is 64.0 cm³/mol. The fraction of sp³-hybridized carbons (Fsp3) is 0.308. The second-order valence-electron chi connectivity index (χ2n) is 4.21. The number of hydrogen-bond acceptors (Lipinski definition) is 4. The van der Waals surface area contributed by atoms with Crippen LogP contribution in [0.15, 0.2) is 22.6 Å². The number of hydrogen-bond donors (Lipinski definition) is 1. The SMILES string of the molecule is O=C(O)CCCc1nnc(Cc2c(F)cccc2F)o1. The first-order valence-electron chi connectivity index (χ1n) is 6.02. The Morgan fingerprint density at radius 2 is 1.85 bits per heavy atom. The van der Waals surface area contributed by atoms with Gasteiger partial charge in [0.05, 0.1) is 6.42 Å². The number of benzene rings is 1. The van der Waals surface area contributed by atoms with Gasteiger partial charge in [-0.05, 0) is 18.6 Å². The van der Waals surface area contributed by atoms with E-state index in [0.717, 1.165) is 12.1 Å². The van der Waals surface area contributed by atoms with Crippen LogP contribution in [0, 0.1) is 11.6 Å². The molecule has 1 aromatic heterocycles. The largest absolute Gasteiger partial charge is 0.481 e. The van der Waals surface area contributed by atoms with Crippen LogP contribution in [0.2, 0.25) is 0 Å². The lowest BCUT2D eigenvalue weighted by atomic mass is 10.1. The van der Waals surface area contributed by atoms with Crippen molar-refractivity contribution in [2.45, 2.75) is 25.7 Å². The highest BCUT2D eigenvalue weighted by Crippen LogP contribution is 2.16. The lowest BCUT2D eigenvalue weighted by Crippen LogP contribution is -1.97. The number of nitrogens with zero attached hydrogens (tertiary/aromatic N) is 2. The molecule has 0 aliphatic heterocycles. The van der Waals surface area contributed by atoms with E-state index >= 15 is 0 Å². The van der Waals surface area contributed by atoms with E-state index in [-0.39, 0.29) is 30.2 Å². The molecule has 0 spiro atoms. The summed E-state index contributed by atoms with van der Waals surface area (Å²) >= 11 is 0. The van der Waals surface area contributed by atoms with E-state index in [2.05, 4.69) is 10.2 Å². The lowest BCUT2D eigenvalue weighted by molar-refractivity contribution is -0.137. The van der Waals surface area contributed by atoms with E-state index in [1.165, 1.54) is 6.07 Å². The summed E-state index contributed by atoms with van der Waals surface area (Å²) in [6.45, 7) is 0. The summed E-state index contributed by atoms with van der Waals surface area (Å²) in [6, 6.07) is 3.59. The van der Waals surface area contributed by atoms with E-state index in [1.807, 2.05) is 0 Å². The maximum atomic E-state index is 13.4. The minimum absolute atomic E-state index is 0.000342. The fourth-order valence-corrected chi connectivity index (χ4v) is 1.70. The van der Waals surface area contributed by atoms with Gasteiger partial charge in [-0.3, -0.25) is 4.79 Å². The van der Waals surface area contributed by atoms with E-state index in [4.69, 9.17) is 9.52 Å². The predicted octanol–water partition coefficient (Wildman–Crippen LogP) is 2.35. The lowest BCUT2D eigenvalue weighted by Gasteiger charge is -2.00. The smallest absolute Gasteiger partial charge is 0.303 e. The zero-order valence-electron chi connectivity index (χ0n) is 10.5. The molecule has 2 rings (SSSR count). The van der Waals surface area contributed by atoms with Crippen LogP contribution in [0.25, 0.3) is 0 Å². The van der Waals surface area contributed by atoms with Crippen LogP contribution in [0.3, 0.4) is 0 Å². The highest BCUT2D eigenvalue weighted by Gasteiger charge is 2.14. The summed E-state index contributed by atoms with van der Waals surface area (Å²) in [5.41, 5.74) is -0.131. The van der Waals surface area contributed by atoms with Gasteiger partial charge in [0.15, 0.2) is 0 Å². The Balaban J connectivity index is 2.01. The molecule has 0 fully saturated rings. The van der Waals surface area contributed by atoms with Crippen LogP contribution in [0.1, 0.15) is 30.2 Å². The normalized spacial score (nSPS) is 10.7. The standard InChI is InChI=1S/C13H12F2N2O3/c14-9-3-1-4-10(15)8(9)7-12-17-16-11(20-12)5-2-6-13(18)19/h1,3-4H,2,5-7H2,(H,18,19). The molecule has 106 valence electrons. The number of aryl methyl sites for hydroxylation is 1. The maximum absolute atomic E-state index is 13.4. The molecule has 0 amide bonds. The van der Waals surface area contributed by atoms with Crippen LogP contribution < -0.4 is 0 Å². The van der Waals surface area contributed by atoms with Gasteiger partial charge in [0, 0.05) is 18.4 Å². The zero-order chi connectivity index (χ0) is 14.5. The van der Waals surface area contributed by atoms with Crippen molar-refractivity contribution >= 4 is 5.97 Å². The van der Waals surface area contributed by atoms with Crippen molar-refractivity contribution in [3.63, 3.8) is 0 Å². The zero-order valence-corrected chi connectivity index (χ0v) is 10.5. The first-order chi connectivity index (χ1) is 9.56. The van der Waals surface area contributed by atoms with E-state index in [0.29, 0.717) is 12.8 Å². The molecule has 0 bridgehead atoms. The molecule has 7 heteroatoms. The Morgan fingerprint density at radius 1 is 1.20 bits per heavy atom. The van der Waals surface area contributed by atoms with Crippen molar-refractivity contribution in [2.24, 2.45) is 0 Å². The first kappa shape index (κ1) is 14.1. The number of rotatable bonds is 6. The Labute approximate surface area is 113 Å². The summed E-state index contributed by atoms with van der Waals surface area (Å²) in [7, 11) is 0. The molecule has 5 nitrogen and oxygen atoms in total. The van der Waals surface area contributed by atoms with Gasteiger partial charge in [0.2, 0.25) is 11.8 Å². The first-order valence-corrected chi connectivity index (χ1v) is 6.02. The van der Waals surface area contributed by atoms with Gasteiger partial charge < -0.3 is 9.52 Å². The summed E-state index contributed by atoms with van der Waals surface area (Å²) < 4.78 is 32.1. The van der Waals surface area contributed by atoms with Crippen molar-refractivity contribution in [1.29, 1.82) is 0 Å². The third-order valence-corrected chi connectivity index (χ3v) is 2.68. The van der Waals surface area contributed by atoms with Crippen LogP contribution in [0.4, 0.5) is 8.78 Å². The van der Waals surface area contributed by atoms with Gasteiger partial charge in [-0.1, -0.05) is 6.07 Å². The van der Waals surface area contributed by atoms with Crippen LogP contribution in [0.5, 0.6) is 0 Å². The quantitative estimate of drug-likeness (QED) is 0.880. The third kappa shape index (κ3) is 3.59. The molecule has 0 radical (unpaired) electrons. The maximum Gasteiger partial charge on any atom is 0.303 e. The van der Waals surface area contributed by atoms with Crippen LogP contribution in [-0.4, -0.2) is 21.3 Å². The molecule has 0 saturated carbocycles. The molecule has 1 N–H and O–H groups in total. The highest BCUT2D eigenvalue weighted by molar-refractivity contribution is 5.66. The number of aliphatic carboxylic acids is 1. The van der Waals surface area contributed by atoms with Crippen molar-refractivity contribution in [3.05, 3.63) is 47.2 Å². The molecule has 2 aromatic rings. The molecular formula is C13H12F2N2O3. The van der Waals surface area contributed by atoms with Gasteiger partial charge >= 0.3 is 5.97 Å². The van der Waals surface area contributed by atoms with Crippen molar-refractivity contribution < 1.29 is 23.1 Å². The molecule has 0 saturated heterocycles. The fourth-order valence-electron chi connectivity index (χ4n) is 1.70. The molecule has 1 heterocycles. The molecular weight excluding hydrogens is 270 g/mol. The topological polar surface area (TPSA) is 76.2 Å². The minimum Gasteiger partial charge on any atom is -0.481 e. The number of carboxylic acid groups (broad SMARTS) is 1. The summed E-state index contributed by atoms with van der Waals surface area (Å²) in [6.07, 6.45) is 0.550. The Kier molecular flexibility index (Phi) is 4.39. The number of aromatic nitrogens is 2. The van der Waals surface area contributed by atoms with Crippen LogP contribution >= 0.6 is 0 Å². The second-order valence-corrected chi connectivity index (χ2v) is 4.21. The highest BCUT2D eigenvalue weighted by atomic mass is 19.1. The van der Waals surface area contributed by atoms with Gasteiger partial charge in [0.1, 0.15) is 11.6 Å². The molecule has 0 unspecified atom stereocenters. The second kappa shape index (κ2) is 6.23. The molecule has 0 atom stereocenters. The number of carbonyl (C=O) groups is 1. The van der Waals surface area contributed by atoms with Crippen molar-refractivity contribution in [2.75, 3.05) is 0 Å². The van der Waals surface area contributed by atoms with Gasteiger partial charge in [-0.15, -0.1) is 10.2 Å². The van der Waals surface area contributed by atoms with Gasteiger partial charge in [-0.25, -0.2) is 8.78 Å². The van der Waals surface area contributed by atoms with E-state index in [1.54, 1.807) is 0 Å². The Hall–Kier alpha value is -2.31. The third-order valence-electron chi connectivity index (χ3n) is 2.68. The van der Waals surface area contributed by atoms with E-state index in [9.17, 15) is 13.6 Å². The molecule has 0 aliphatic carbocycles. The molecule has 0 aliphatic rings. The average Bonchev–Trinajstić information content (AvgIpc) is 2.81. The Bertz CT molecular complexity index is 593. The summed E-state index contributed by atoms with van der Waals surface area (Å²) in [4.78, 5) is 10.4. The molecule has 20 heavy (non-hydrogen) atoms. The van der Waals surface area contributed by atoms with Gasteiger partial charge in [0.25, 0.3) is 0 Å². The summed E-state index contributed by atoms with van der Waals surface area (Å²) in [5.74, 6) is -1.89. The Morgan fingerprint density at radius 3 is 2.50 bits per heavy atom. The van der Waals surface area contributed by atoms with Gasteiger partial charge in [-0.2, -0.15) is 0 Å².